The average Bonchev–Trinajstić information content (AvgIpc) is 3.17. The Morgan fingerprint density at radius 1 is 0.613 bits per heavy atom. The molecule has 0 saturated heterocycles. The van der Waals surface area contributed by atoms with Crippen LogP contribution in [0.25, 0.3) is 0 Å². The highest BCUT2D eigenvalue weighted by atomic mass is 16.6. The SMILES string of the molecule is O=C(OC1CC2CC3CCCCC3C2CC1OC(=O)c1ccccc1)c1ccccc1. The lowest BCUT2D eigenvalue weighted by atomic mass is 9.72. The topological polar surface area (TPSA) is 52.6 Å². The first-order chi connectivity index (χ1) is 15.2. The van der Waals surface area contributed by atoms with Gasteiger partial charge in [-0.15, -0.1) is 0 Å². The number of rotatable bonds is 4. The number of ether oxygens (including phenoxy) is 2. The molecule has 0 bridgehead atoms. The van der Waals surface area contributed by atoms with Gasteiger partial charge in [0, 0.05) is 0 Å². The second kappa shape index (κ2) is 8.86. The summed E-state index contributed by atoms with van der Waals surface area (Å²) >= 11 is 0. The number of fused-ring (bicyclic) bond motifs is 3. The van der Waals surface area contributed by atoms with E-state index in [4.69, 9.17) is 9.47 Å². The molecule has 2 aromatic rings. The Labute approximate surface area is 183 Å². The lowest BCUT2D eigenvalue weighted by Crippen LogP contribution is -2.44. The van der Waals surface area contributed by atoms with Crippen LogP contribution in [0, 0.1) is 23.7 Å². The number of hydrogen-bond acceptors (Lipinski definition) is 4. The Kier molecular flexibility index (Phi) is 5.80. The van der Waals surface area contributed by atoms with E-state index in [1.165, 1.54) is 32.1 Å². The summed E-state index contributed by atoms with van der Waals surface area (Å²) < 4.78 is 12.0. The molecule has 31 heavy (non-hydrogen) atoms. The maximum atomic E-state index is 12.8. The summed E-state index contributed by atoms with van der Waals surface area (Å²) in [6.07, 6.45) is 7.31. The molecule has 4 heteroatoms. The maximum absolute atomic E-state index is 12.8. The second-order valence-corrected chi connectivity index (χ2v) is 9.46. The fraction of sp³-hybridized carbons (Fsp3) is 0.481. The van der Waals surface area contributed by atoms with Gasteiger partial charge in [0.25, 0.3) is 0 Å². The van der Waals surface area contributed by atoms with Crippen LogP contribution in [0.2, 0.25) is 0 Å². The van der Waals surface area contributed by atoms with E-state index in [0.29, 0.717) is 23.0 Å². The molecule has 4 nitrogen and oxygen atoms in total. The molecule has 0 radical (unpaired) electrons. The zero-order chi connectivity index (χ0) is 21.2. The Bertz CT molecular complexity index is 909. The first-order valence-electron chi connectivity index (χ1n) is 11.7. The standard InChI is InChI=1S/C27H30O4/c28-26(18-9-3-1-4-10-18)30-24-16-21-15-20-13-7-8-14-22(20)23(21)17-25(24)31-27(29)19-11-5-2-6-12-19/h1-6,9-12,20-25H,7-8,13-17H2. The first-order valence-corrected chi connectivity index (χ1v) is 11.7. The van der Waals surface area contributed by atoms with Gasteiger partial charge >= 0.3 is 11.9 Å². The number of carbonyl (C=O) groups is 2. The van der Waals surface area contributed by atoms with Crippen molar-refractivity contribution in [2.75, 3.05) is 0 Å². The second-order valence-electron chi connectivity index (χ2n) is 9.46. The van der Waals surface area contributed by atoms with Crippen molar-refractivity contribution in [3.63, 3.8) is 0 Å². The van der Waals surface area contributed by atoms with Crippen molar-refractivity contribution in [2.24, 2.45) is 23.7 Å². The van der Waals surface area contributed by atoms with Gasteiger partial charge in [-0.1, -0.05) is 55.7 Å². The monoisotopic (exact) mass is 418 g/mol. The van der Waals surface area contributed by atoms with Crippen molar-refractivity contribution in [1.29, 1.82) is 0 Å². The zero-order valence-electron chi connectivity index (χ0n) is 17.8. The highest BCUT2D eigenvalue weighted by molar-refractivity contribution is 5.90. The number of carbonyl (C=O) groups excluding carboxylic acids is 2. The quantitative estimate of drug-likeness (QED) is 0.600. The number of esters is 2. The van der Waals surface area contributed by atoms with Crippen LogP contribution in [-0.4, -0.2) is 24.1 Å². The minimum Gasteiger partial charge on any atom is -0.455 e. The third kappa shape index (κ3) is 4.26. The molecule has 3 aliphatic rings. The van der Waals surface area contributed by atoms with Crippen molar-refractivity contribution in [3.8, 4) is 0 Å². The molecule has 3 saturated carbocycles. The van der Waals surface area contributed by atoms with E-state index < -0.39 is 0 Å². The van der Waals surface area contributed by atoms with Gasteiger partial charge in [-0.25, -0.2) is 9.59 Å². The average molecular weight is 419 g/mol. The van der Waals surface area contributed by atoms with E-state index in [9.17, 15) is 9.59 Å². The van der Waals surface area contributed by atoms with Crippen LogP contribution >= 0.6 is 0 Å². The van der Waals surface area contributed by atoms with Gasteiger partial charge < -0.3 is 9.47 Å². The van der Waals surface area contributed by atoms with E-state index in [2.05, 4.69) is 0 Å². The van der Waals surface area contributed by atoms with E-state index in [1.54, 1.807) is 24.3 Å². The van der Waals surface area contributed by atoms with Crippen molar-refractivity contribution < 1.29 is 19.1 Å². The Morgan fingerprint density at radius 2 is 1.16 bits per heavy atom. The van der Waals surface area contributed by atoms with Crippen molar-refractivity contribution >= 4 is 11.9 Å². The van der Waals surface area contributed by atoms with Crippen LogP contribution in [0.15, 0.2) is 60.7 Å². The molecular weight excluding hydrogens is 388 g/mol. The molecule has 0 aromatic heterocycles. The highest BCUT2D eigenvalue weighted by Crippen LogP contribution is 2.55. The normalized spacial score (nSPS) is 31.9. The molecule has 6 unspecified atom stereocenters. The molecule has 3 aliphatic carbocycles. The first kappa shape index (κ1) is 20.3. The van der Waals surface area contributed by atoms with Crippen LogP contribution in [0.5, 0.6) is 0 Å². The third-order valence-electron chi connectivity index (χ3n) is 7.72. The predicted molar refractivity (Wildman–Crippen MR) is 118 cm³/mol. The van der Waals surface area contributed by atoms with Crippen molar-refractivity contribution in [2.45, 2.75) is 57.2 Å². The van der Waals surface area contributed by atoms with E-state index in [-0.39, 0.29) is 24.1 Å². The smallest absolute Gasteiger partial charge is 0.338 e. The molecule has 5 rings (SSSR count). The molecule has 162 valence electrons. The highest BCUT2D eigenvalue weighted by Gasteiger charge is 2.51. The molecule has 2 aromatic carbocycles. The summed E-state index contributed by atoms with van der Waals surface area (Å²) in [5.74, 6) is 2.00. The van der Waals surface area contributed by atoms with Crippen LogP contribution in [-0.2, 0) is 9.47 Å². The van der Waals surface area contributed by atoms with Gasteiger partial charge in [0.1, 0.15) is 12.2 Å². The molecule has 0 N–H and O–H groups in total. The van der Waals surface area contributed by atoms with Crippen LogP contribution in [0.1, 0.15) is 65.7 Å². The molecule has 0 heterocycles. The number of hydrogen-bond donors (Lipinski definition) is 0. The Hall–Kier alpha value is -2.62. The summed E-state index contributed by atoms with van der Waals surface area (Å²) in [7, 11) is 0. The van der Waals surface area contributed by atoms with Crippen molar-refractivity contribution in [3.05, 3.63) is 71.8 Å². The summed E-state index contributed by atoms with van der Waals surface area (Å²) in [5.41, 5.74) is 1.08. The zero-order valence-corrected chi connectivity index (χ0v) is 17.8. The Balaban J connectivity index is 1.35. The largest absolute Gasteiger partial charge is 0.455 e. The lowest BCUT2D eigenvalue weighted by Gasteiger charge is -2.40. The predicted octanol–water partition coefficient (Wildman–Crippen LogP) is 5.67. The Morgan fingerprint density at radius 3 is 1.77 bits per heavy atom. The molecule has 0 spiro atoms. The lowest BCUT2D eigenvalue weighted by molar-refractivity contribution is -0.0751. The van der Waals surface area contributed by atoms with Gasteiger partial charge in [0.2, 0.25) is 0 Å². The molecule has 0 amide bonds. The van der Waals surface area contributed by atoms with Gasteiger partial charge in [-0.05, 0) is 73.6 Å². The molecule has 0 aliphatic heterocycles. The maximum Gasteiger partial charge on any atom is 0.338 e. The minimum atomic E-state index is -0.387. The van der Waals surface area contributed by atoms with Crippen LogP contribution in [0.3, 0.4) is 0 Å². The van der Waals surface area contributed by atoms with Crippen LogP contribution < -0.4 is 0 Å². The molecule has 3 fully saturated rings. The summed E-state index contributed by atoms with van der Waals surface area (Å²) in [6.45, 7) is 0. The van der Waals surface area contributed by atoms with Gasteiger partial charge in [-0.2, -0.15) is 0 Å². The molecule has 6 atom stereocenters. The third-order valence-corrected chi connectivity index (χ3v) is 7.72. The van der Waals surface area contributed by atoms with Crippen LogP contribution in [0.4, 0.5) is 0 Å². The van der Waals surface area contributed by atoms with Crippen molar-refractivity contribution in [1.82, 2.24) is 0 Å². The van der Waals surface area contributed by atoms with Gasteiger partial charge in [0.15, 0.2) is 0 Å². The number of benzene rings is 2. The summed E-state index contributed by atoms with van der Waals surface area (Å²) in [5, 5.41) is 0. The van der Waals surface area contributed by atoms with E-state index in [1.807, 2.05) is 36.4 Å². The van der Waals surface area contributed by atoms with E-state index in [0.717, 1.165) is 24.7 Å². The summed E-state index contributed by atoms with van der Waals surface area (Å²) in [4.78, 5) is 25.6. The minimum absolute atomic E-state index is 0.331. The molecular formula is C27H30O4. The van der Waals surface area contributed by atoms with Gasteiger partial charge in [-0.3, -0.25) is 0 Å². The van der Waals surface area contributed by atoms with Gasteiger partial charge in [0.05, 0.1) is 11.1 Å². The fourth-order valence-electron chi connectivity index (χ4n) is 6.32. The summed E-state index contributed by atoms with van der Waals surface area (Å²) in [6, 6.07) is 18.2. The fourth-order valence-corrected chi connectivity index (χ4v) is 6.32. The van der Waals surface area contributed by atoms with E-state index >= 15 is 0 Å².